The molecule has 1 aromatic rings. The second-order valence-corrected chi connectivity index (χ2v) is 5.86. The van der Waals surface area contributed by atoms with Gasteiger partial charge in [0.15, 0.2) is 0 Å². The maximum Gasteiger partial charge on any atom is 0.126 e. The van der Waals surface area contributed by atoms with E-state index >= 15 is 0 Å². The van der Waals surface area contributed by atoms with Crippen molar-refractivity contribution >= 4 is 5.69 Å². The molecule has 106 valence electrons. The average molecular weight is 265 g/mol. The number of hydrogen-bond donors (Lipinski definition) is 1. The van der Waals surface area contributed by atoms with Gasteiger partial charge in [-0.15, -0.1) is 0 Å². The minimum absolute atomic E-state index is 0.233. The molecule has 0 saturated carbocycles. The summed E-state index contributed by atoms with van der Waals surface area (Å²) in [5, 5.41) is 9.88. The van der Waals surface area contributed by atoms with Crippen LogP contribution in [0.2, 0.25) is 0 Å². The number of halogens is 1. The Hall–Kier alpha value is -1.09. The maximum atomic E-state index is 13.7. The topological polar surface area (TPSA) is 23.5 Å². The van der Waals surface area contributed by atoms with Gasteiger partial charge in [0.2, 0.25) is 0 Å². The van der Waals surface area contributed by atoms with E-state index in [0.717, 1.165) is 37.5 Å². The molecule has 1 aliphatic heterocycles. The van der Waals surface area contributed by atoms with Crippen LogP contribution in [0.3, 0.4) is 0 Å². The summed E-state index contributed by atoms with van der Waals surface area (Å²) in [6, 6.07) is 3.37. The predicted molar refractivity (Wildman–Crippen MR) is 77.0 cm³/mol. The van der Waals surface area contributed by atoms with E-state index in [-0.39, 0.29) is 5.82 Å². The Morgan fingerprint density at radius 2 is 2.05 bits per heavy atom. The van der Waals surface area contributed by atoms with E-state index in [1.54, 1.807) is 13.8 Å². The molecule has 1 unspecified atom stereocenters. The van der Waals surface area contributed by atoms with Crippen molar-refractivity contribution in [3.8, 4) is 0 Å². The van der Waals surface area contributed by atoms with Gasteiger partial charge in [-0.2, -0.15) is 0 Å². The zero-order valence-corrected chi connectivity index (χ0v) is 12.1. The molecule has 2 rings (SSSR count). The van der Waals surface area contributed by atoms with Crippen LogP contribution in [0.5, 0.6) is 0 Å². The number of anilines is 1. The third-order valence-electron chi connectivity index (χ3n) is 4.12. The van der Waals surface area contributed by atoms with E-state index in [0.29, 0.717) is 11.1 Å². The molecule has 19 heavy (non-hydrogen) atoms. The summed E-state index contributed by atoms with van der Waals surface area (Å²) in [7, 11) is 0. The highest BCUT2D eigenvalue weighted by molar-refractivity contribution is 5.57. The lowest BCUT2D eigenvalue weighted by atomic mass is 10.0. The molecule has 0 aliphatic carbocycles. The third-order valence-corrected chi connectivity index (χ3v) is 4.12. The highest BCUT2D eigenvalue weighted by atomic mass is 19.1. The van der Waals surface area contributed by atoms with Crippen LogP contribution in [0.25, 0.3) is 0 Å². The first-order valence-corrected chi connectivity index (χ1v) is 7.22. The van der Waals surface area contributed by atoms with Crippen LogP contribution in [0.1, 0.15) is 50.3 Å². The van der Waals surface area contributed by atoms with Crippen molar-refractivity contribution in [3.05, 3.63) is 29.1 Å². The minimum atomic E-state index is -0.634. The SMILES string of the molecule is Cc1cc(N2CCCC(C)CC2)c([C@@H](C)O)cc1F. The van der Waals surface area contributed by atoms with E-state index in [4.69, 9.17) is 0 Å². The van der Waals surface area contributed by atoms with Gasteiger partial charge in [0.25, 0.3) is 0 Å². The highest BCUT2D eigenvalue weighted by Gasteiger charge is 2.19. The number of benzene rings is 1. The minimum Gasteiger partial charge on any atom is -0.389 e. The average Bonchev–Trinajstić information content (AvgIpc) is 2.57. The fourth-order valence-electron chi connectivity index (χ4n) is 2.79. The summed E-state index contributed by atoms with van der Waals surface area (Å²) >= 11 is 0. The summed E-state index contributed by atoms with van der Waals surface area (Å²) in [6.07, 6.45) is 2.94. The van der Waals surface area contributed by atoms with Crippen LogP contribution < -0.4 is 4.90 Å². The zero-order valence-electron chi connectivity index (χ0n) is 12.1. The number of aliphatic hydroxyl groups is 1. The number of aliphatic hydroxyl groups excluding tert-OH is 1. The lowest BCUT2D eigenvalue weighted by Gasteiger charge is -2.27. The molecule has 1 saturated heterocycles. The van der Waals surface area contributed by atoms with Gasteiger partial charge in [0.05, 0.1) is 6.10 Å². The quantitative estimate of drug-likeness (QED) is 0.879. The van der Waals surface area contributed by atoms with Crippen LogP contribution in [0.4, 0.5) is 10.1 Å². The summed E-state index contributed by atoms with van der Waals surface area (Å²) in [6.45, 7) is 7.76. The Morgan fingerprint density at radius 1 is 1.32 bits per heavy atom. The van der Waals surface area contributed by atoms with Gasteiger partial charge in [0, 0.05) is 24.3 Å². The molecule has 0 bridgehead atoms. The molecule has 3 heteroatoms. The molecule has 0 amide bonds. The lowest BCUT2D eigenvalue weighted by molar-refractivity contribution is 0.199. The third kappa shape index (κ3) is 3.27. The molecule has 1 fully saturated rings. The largest absolute Gasteiger partial charge is 0.389 e. The van der Waals surface area contributed by atoms with Crippen molar-refractivity contribution in [1.29, 1.82) is 0 Å². The summed E-state index contributed by atoms with van der Waals surface area (Å²) < 4.78 is 13.7. The number of hydrogen-bond acceptors (Lipinski definition) is 2. The zero-order chi connectivity index (χ0) is 14.0. The molecular weight excluding hydrogens is 241 g/mol. The van der Waals surface area contributed by atoms with E-state index < -0.39 is 6.10 Å². The normalized spacial score (nSPS) is 22.2. The Bertz CT molecular complexity index is 445. The molecule has 2 atom stereocenters. The fourth-order valence-corrected chi connectivity index (χ4v) is 2.79. The molecule has 2 nitrogen and oxygen atoms in total. The smallest absolute Gasteiger partial charge is 0.126 e. The van der Waals surface area contributed by atoms with Gasteiger partial charge in [-0.05, 0) is 56.7 Å². The maximum absolute atomic E-state index is 13.7. The highest BCUT2D eigenvalue weighted by Crippen LogP contribution is 2.31. The summed E-state index contributed by atoms with van der Waals surface area (Å²) in [5.74, 6) is 0.518. The molecule has 1 heterocycles. The Labute approximate surface area is 115 Å². The summed E-state index contributed by atoms with van der Waals surface area (Å²) in [5.41, 5.74) is 2.36. The van der Waals surface area contributed by atoms with Crippen LogP contribution >= 0.6 is 0 Å². The van der Waals surface area contributed by atoms with Crippen molar-refractivity contribution in [2.24, 2.45) is 5.92 Å². The number of aryl methyl sites for hydroxylation is 1. The molecule has 1 aromatic carbocycles. The van der Waals surface area contributed by atoms with E-state index in [1.807, 2.05) is 6.07 Å². The van der Waals surface area contributed by atoms with Crippen LogP contribution in [-0.2, 0) is 0 Å². The number of rotatable bonds is 2. The van der Waals surface area contributed by atoms with Gasteiger partial charge in [0.1, 0.15) is 5.82 Å². The van der Waals surface area contributed by atoms with E-state index in [1.165, 1.54) is 12.5 Å². The monoisotopic (exact) mass is 265 g/mol. The number of nitrogens with zero attached hydrogens (tertiary/aromatic N) is 1. The molecule has 0 spiro atoms. The fraction of sp³-hybridized carbons (Fsp3) is 0.625. The first-order valence-electron chi connectivity index (χ1n) is 7.22. The van der Waals surface area contributed by atoms with Crippen molar-refractivity contribution < 1.29 is 9.50 Å². The van der Waals surface area contributed by atoms with Gasteiger partial charge >= 0.3 is 0 Å². The van der Waals surface area contributed by atoms with Gasteiger partial charge in [-0.3, -0.25) is 0 Å². The molecule has 0 radical (unpaired) electrons. The molecular formula is C16H24FNO. The van der Waals surface area contributed by atoms with Gasteiger partial charge < -0.3 is 10.0 Å². The Kier molecular flexibility index (Phi) is 4.46. The first-order chi connectivity index (χ1) is 8.99. The molecule has 1 N–H and O–H groups in total. The van der Waals surface area contributed by atoms with Crippen molar-refractivity contribution in [2.75, 3.05) is 18.0 Å². The Balaban J connectivity index is 2.34. The second kappa shape index (κ2) is 5.91. The first kappa shape index (κ1) is 14.3. The van der Waals surface area contributed by atoms with Gasteiger partial charge in [-0.1, -0.05) is 6.92 Å². The van der Waals surface area contributed by atoms with Gasteiger partial charge in [-0.25, -0.2) is 4.39 Å². The van der Waals surface area contributed by atoms with E-state index in [9.17, 15) is 9.50 Å². The Morgan fingerprint density at radius 3 is 2.74 bits per heavy atom. The van der Waals surface area contributed by atoms with Crippen LogP contribution in [0.15, 0.2) is 12.1 Å². The standard InChI is InChI=1S/C16H24FNO/c1-11-5-4-7-18(8-6-11)16-9-12(2)15(17)10-14(16)13(3)19/h9-11,13,19H,4-8H2,1-3H3/t11?,13-/m1/s1. The van der Waals surface area contributed by atoms with Crippen LogP contribution in [0, 0.1) is 18.7 Å². The lowest BCUT2D eigenvalue weighted by Crippen LogP contribution is -2.26. The van der Waals surface area contributed by atoms with Crippen molar-refractivity contribution in [3.63, 3.8) is 0 Å². The van der Waals surface area contributed by atoms with Crippen LogP contribution in [-0.4, -0.2) is 18.2 Å². The van der Waals surface area contributed by atoms with Crippen molar-refractivity contribution in [1.82, 2.24) is 0 Å². The summed E-state index contributed by atoms with van der Waals surface area (Å²) in [4.78, 5) is 2.30. The van der Waals surface area contributed by atoms with Crippen molar-refractivity contribution in [2.45, 2.75) is 46.1 Å². The second-order valence-electron chi connectivity index (χ2n) is 5.86. The molecule has 1 aliphatic rings. The predicted octanol–water partition coefficient (Wildman–Crippen LogP) is 3.81. The molecule has 0 aromatic heterocycles. The van der Waals surface area contributed by atoms with E-state index in [2.05, 4.69) is 11.8 Å².